The maximum Gasteiger partial charge on any atom is 0.150 e. The molecule has 0 aliphatic heterocycles. The number of halogens is 2. The summed E-state index contributed by atoms with van der Waals surface area (Å²) in [5.74, 6) is 0. The molecular formula is C15H32ClISi. The van der Waals surface area contributed by atoms with E-state index in [2.05, 4.69) is 35.7 Å². The lowest BCUT2D eigenvalue weighted by atomic mass is 10.1. The van der Waals surface area contributed by atoms with E-state index in [9.17, 15) is 0 Å². The Morgan fingerprint density at radius 2 is 1.00 bits per heavy atom. The van der Waals surface area contributed by atoms with Crippen molar-refractivity contribution in [3.8, 4) is 0 Å². The molecule has 0 unspecified atom stereocenters. The van der Waals surface area contributed by atoms with Crippen molar-refractivity contribution in [1.82, 2.24) is 0 Å². The molecule has 0 saturated heterocycles. The molecule has 0 N–H and O–H groups in total. The van der Waals surface area contributed by atoms with Gasteiger partial charge in [-0.25, -0.2) is 0 Å². The second-order valence-corrected chi connectivity index (χ2v) is 14.1. The minimum atomic E-state index is -1.28. The van der Waals surface area contributed by atoms with Crippen molar-refractivity contribution >= 4 is 41.1 Å². The van der Waals surface area contributed by atoms with E-state index in [1.807, 2.05) is 0 Å². The zero-order valence-electron chi connectivity index (χ0n) is 12.4. The van der Waals surface area contributed by atoms with Gasteiger partial charge in [0.1, 0.15) is 7.38 Å². The minimum absolute atomic E-state index is 1.28. The highest BCUT2D eigenvalue weighted by molar-refractivity contribution is 14.1. The van der Waals surface area contributed by atoms with Crippen LogP contribution in [0.2, 0.25) is 19.1 Å². The van der Waals surface area contributed by atoms with Crippen LogP contribution in [0.25, 0.3) is 0 Å². The molecule has 0 aromatic carbocycles. The number of alkyl halides is 1. The summed E-state index contributed by atoms with van der Waals surface area (Å²) >= 11 is 8.78. The number of unbranched alkanes of at least 4 members (excludes halogenated alkanes) is 10. The van der Waals surface area contributed by atoms with Crippen molar-refractivity contribution in [1.29, 1.82) is 0 Å². The molecule has 110 valence electrons. The largest absolute Gasteiger partial charge is 0.168 e. The smallest absolute Gasteiger partial charge is 0.150 e. The first-order valence-corrected chi connectivity index (χ1v) is 13.6. The van der Waals surface area contributed by atoms with Crippen molar-refractivity contribution in [3.63, 3.8) is 0 Å². The molecule has 0 aromatic rings. The summed E-state index contributed by atoms with van der Waals surface area (Å²) in [5.41, 5.74) is 0. The number of rotatable bonds is 13. The summed E-state index contributed by atoms with van der Waals surface area (Å²) in [4.78, 5) is 0. The monoisotopic (exact) mass is 402 g/mol. The highest BCUT2D eigenvalue weighted by Gasteiger charge is 2.15. The van der Waals surface area contributed by atoms with Gasteiger partial charge in [-0.15, -0.1) is 0 Å². The summed E-state index contributed by atoms with van der Waals surface area (Å²) in [6, 6.07) is 1.30. The Morgan fingerprint density at radius 3 is 1.33 bits per heavy atom. The highest BCUT2D eigenvalue weighted by Crippen LogP contribution is 2.19. The SMILES string of the molecule is C[Si](C)(Cl)CCCCCCCCCCCCCI. The van der Waals surface area contributed by atoms with E-state index >= 15 is 0 Å². The molecule has 0 amide bonds. The van der Waals surface area contributed by atoms with Crippen LogP contribution in [0.5, 0.6) is 0 Å². The maximum absolute atomic E-state index is 6.31. The fourth-order valence-electron chi connectivity index (χ4n) is 2.23. The Kier molecular flexibility index (Phi) is 14.1. The third-order valence-electron chi connectivity index (χ3n) is 3.40. The Morgan fingerprint density at radius 1 is 0.667 bits per heavy atom. The third-order valence-corrected chi connectivity index (χ3v) is 6.28. The van der Waals surface area contributed by atoms with Gasteiger partial charge in [0.25, 0.3) is 0 Å². The van der Waals surface area contributed by atoms with Crippen LogP contribution in [0, 0.1) is 0 Å². The molecule has 0 heterocycles. The number of hydrogen-bond acceptors (Lipinski definition) is 0. The van der Waals surface area contributed by atoms with E-state index in [4.69, 9.17) is 11.1 Å². The van der Waals surface area contributed by atoms with Gasteiger partial charge >= 0.3 is 0 Å². The lowest BCUT2D eigenvalue weighted by Crippen LogP contribution is -2.14. The van der Waals surface area contributed by atoms with Gasteiger partial charge in [0.2, 0.25) is 0 Å². The average molecular weight is 403 g/mol. The first-order chi connectivity index (χ1) is 8.56. The van der Waals surface area contributed by atoms with Crippen molar-refractivity contribution in [2.24, 2.45) is 0 Å². The van der Waals surface area contributed by atoms with E-state index in [1.165, 1.54) is 81.1 Å². The fraction of sp³-hybridized carbons (Fsp3) is 1.00. The van der Waals surface area contributed by atoms with Crippen molar-refractivity contribution < 1.29 is 0 Å². The first kappa shape index (κ1) is 19.2. The van der Waals surface area contributed by atoms with Gasteiger partial charge in [0.05, 0.1) is 0 Å². The Balaban J connectivity index is 2.99. The van der Waals surface area contributed by atoms with Crippen molar-refractivity contribution in [2.75, 3.05) is 4.43 Å². The fourth-order valence-corrected chi connectivity index (χ4v) is 4.26. The number of hydrogen-bond donors (Lipinski definition) is 0. The molecule has 0 fully saturated rings. The first-order valence-electron chi connectivity index (χ1n) is 7.81. The van der Waals surface area contributed by atoms with Gasteiger partial charge in [-0.3, -0.25) is 0 Å². The Hall–Kier alpha value is 1.24. The molecule has 0 nitrogen and oxygen atoms in total. The van der Waals surface area contributed by atoms with E-state index in [0.29, 0.717) is 0 Å². The second-order valence-electron chi connectivity index (χ2n) is 6.05. The molecule has 0 aliphatic carbocycles. The van der Waals surface area contributed by atoms with Gasteiger partial charge in [-0.2, -0.15) is 11.1 Å². The zero-order valence-corrected chi connectivity index (χ0v) is 16.4. The van der Waals surface area contributed by atoms with Gasteiger partial charge in [-0.05, 0) is 16.9 Å². The molecule has 0 bridgehead atoms. The summed E-state index contributed by atoms with van der Waals surface area (Å²) in [6.45, 7) is 4.51. The predicted octanol–water partition coefficient (Wildman–Crippen LogP) is 7.16. The minimum Gasteiger partial charge on any atom is -0.168 e. The lowest BCUT2D eigenvalue weighted by Gasteiger charge is -2.11. The van der Waals surface area contributed by atoms with Crippen molar-refractivity contribution in [2.45, 2.75) is 89.8 Å². The predicted molar refractivity (Wildman–Crippen MR) is 97.8 cm³/mol. The summed E-state index contributed by atoms with van der Waals surface area (Å²) in [6.07, 6.45) is 15.8. The highest BCUT2D eigenvalue weighted by atomic mass is 127. The molecule has 0 atom stereocenters. The Bertz CT molecular complexity index is 168. The van der Waals surface area contributed by atoms with Gasteiger partial charge in [0, 0.05) is 0 Å². The van der Waals surface area contributed by atoms with Crippen LogP contribution in [0.4, 0.5) is 0 Å². The average Bonchev–Trinajstić information content (AvgIpc) is 2.29. The van der Waals surface area contributed by atoms with Crippen molar-refractivity contribution in [3.05, 3.63) is 0 Å². The van der Waals surface area contributed by atoms with Gasteiger partial charge in [0.15, 0.2) is 0 Å². The normalized spacial score (nSPS) is 12.0. The van der Waals surface area contributed by atoms with Gasteiger partial charge < -0.3 is 0 Å². The van der Waals surface area contributed by atoms with Crippen LogP contribution >= 0.6 is 33.7 Å². The van der Waals surface area contributed by atoms with Crippen LogP contribution in [-0.2, 0) is 0 Å². The lowest BCUT2D eigenvalue weighted by molar-refractivity contribution is 0.555. The van der Waals surface area contributed by atoms with E-state index < -0.39 is 7.38 Å². The molecule has 0 aromatic heterocycles. The van der Waals surface area contributed by atoms with E-state index in [1.54, 1.807) is 0 Å². The maximum atomic E-state index is 6.31. The van der Waals surface area contributed by atoms with Gasteiger partial charge in [-0.1, -0.05) is 99.9 Å². The molecule has 18 heavy (non-hydrogen) atoms. The third kappa shape index (κ3) is 17.2. The topological polar surface area (TPSA) is 0 Å². The van der Waals surface area contributed by atoms with E-state index in [-0.39, 0.29) is 0 Å². The van der Waals surface area contributed by atoms with E-state index in [0.717, 1.165) is 0 Å². The summed E-state index contributed by atoms with van der Waals surface area (Å²) in [7, 11) is -1.28. The van der Waals surface area contributed by atoms with Crippen LogP contribution in [0.1, 0.15) is 70.6 Å². The molecule has 0 spiro atoms. The molecular weight excluding hydrogens is 371 g/mol. The zero-order chi connectivity index (χ0) is 13.7. The quantitative estimate of drug-likeness (QED) is 0.101. The molecule has 0 radical (unpaired) electrons. The summed E-state index contributed by atoms with van der Waals surface area (Å²) in [5, 5.41) is 0. The van der Waals surface area contributed by atoms with Crippen LogP contribution in [-0.4, -0.2) is 11.8 Å². The molecule has 3 heteroatoms. The van der Waals surface area contributed by atoms with Crippen LogP contribution in [0.3, 0.4) is 0 Å². The Labute approximate surface area is 134 Å². The standard InChI is InChI=1S/C15H32ClISi/c1-18(2,16)15-13-11-9-7-5-3-4-6-8-10-12-14-17/h3-15H2,1-2H3. The molecule has 0 rings (SSSR count). The molecule has 0 saturated carbocycles. The second kappa shape index (κ2) is 13.2. The van der Waals surface area contributed by atoms with Crippen LogP contribution < -0.4 is 0 Å². The molecule has 0 aliphatic rings. The van der Waals surface area contributed by atoms with Crippen LogP contribution in [0.15, 0.2) is 0 Å². The summed E-state index contributed by atoms with van der Waals surface area (Å²) < 4.78 is 1.33.